The van der Waals surface area contributed by atoms with Gasteiger partial charge in [0.05, 0.1) is 11.0 Å². The second kappa shape index (κ2) is 5.58. The molecule has 4 aromatic rings. The van der Waals surface area contributed by atoms with Crippen molar-refractivity contribution in [2.75, 3.05) is 0 Å². The molecule has 0 bridgehead atoms. The van der Waals surface area contributed by atoms with Crippen molar-refractivity contribution in [1.82, 2.24) is 14.6 Å². The first-order valence-electron chi connectivity index (χ1n) is 7.24. The van der Waals surface area contributed by atoms with E-state index < -0.39 is 0 Å². The quantitative estimate of drug-likeness (QED) is 0.489. The van der Waals surface area contributed by atoms with Crippen molar-refractivity contribution in [2.45, 2.75) is 24.6 Å². The zero-order chi connectivity index (χ0) is 16.0. The third-order valence-corrected chi connectivity index (χ3v) is 5.02. The van der Waals surface area contributed by atoms with Crippen molar-refractivity contribution in [3.63, 3.8) is 0 Å². The maximum Gasteiger partial charge on any atom is 0.153 e. The molecule has 0 radical (unpaired) electrons. The van der Waals surface area contributed by atoms with Crippen LogP contribution in [0.5, 0.6) is 0 Å². The van der Waals surface area contributed by atoms with Crippen LogP contribution in [0.3, 0.4) is 0 Å². The molecular formula is C17H14ClN3OS. The summed E-state index contributed by atoms with van der Waals surface area (Å²) in [5, 5.41) is 10.3. The van der Waals surface area contributed by atoms with Crippen molar-refractivity contribution in [3.05, 3.63) is 58.6 Å². The van der Waals surface area contributed by atoms with Gasteiger partial charge in [0.15, 0.2) is 5.58 Å². The molecule has 0 unspecified atom stereocenters. The average Bonchev–Trinajstić information content (AvgIpc) is 3.04. The molecule has 0 fully saturated rings. The van der Waals surface area contributed by atoms with E-state index in [1.807, 2.05) is 50.2 Å². The Morgan fingerprint density at radius 3 is 2.65 bits per heavy atom. The fraction of sp³-hybridized carbons (Fsp3) is 0.176. The van der Waals surface area contributed by atoms with Crippen LogP contribution < -0.4 is 0 Å². The zero-order valence-electron chi connectivity index (χ0n) is 12.7. The van der Waals surface area contributed by atoms with Gasteiger partial charge in [-0.05, 0) is 31.5 Å². The summed E-state index contributed by atoms with van der Waals surface area (Å²) in [5.41, 5.74) is 4.14. The van der Waals surface area contributed by atoms with E-state index in [2.05, 4.69) is 14.6 Å². The molecule has 0 spiro atoms. The maximum absolute atomic E-state index is 5.93. The van der Waals surface area contributed by atoms with Gasteiger partial charge in [0, 0.05) is 22.9 Å². The molecule has 116 valence electrons. The van der Waals surface area contributed by atoms with Crippen molar-refractivity contribution in [1.29, 1.82) is 0 Å². The number of thioether (sulfide) groups is 1. The van der Waals surface area contributed by atoms with Gasteiger partial charge in [-0.2, -0.15) is 0 Å². The van der Waals surface area contributed by atoms with Gasteiger partial charge < -0.3 is 4.42 Å². The van der Waals surface area contributed by atoms with E-state index >= 15 is 0 Å². The SMILES string of the molecule is Cc1cc2c(cc3c(SCc4ccc(Cl)cc4)nnc(C)n32)o1. The number of aromatic nitrogens is 3. The van der Waals surface area contributed by atoms with Crippen LogP contribution in [0, 0.1) is 13.8 Å². The normalized spacial score (nSPS) is 11.6. The maximum atomic E-state index is 5.93. The Kier molecular flexibility index (Phi) is 3.54. The molecule has 0 aliphatic carbocycles. The molecule has 1 aromatic carbocycles. The molecule has 0 saturated heterocycles. The summed E-state index contributed by atoms with van der Waals surface area (Å²) in [5.74, 6) is 2.57. The fourth-order valence-electron chi connectivity index (χ4n) is 2.67. The second-order valence-electron chi connectivity index (χ2n) is 5.44. The number of fused-ring (bicyclic) bond motifs is 3. The molecule has 0 atom stereocenters. The summed E-state index contributed by atoms with van der Waals surface area (Å²) in [6.07, 6.45) is 0. The summed E-state index contributed by atoms with van der Waals surface area (Å²) < 4.78 is 7.84. The highest BCUT2D eigenvalue weighted by Gasteiger charge is 2.14. The molecule has 0 saturated carbocycles. The predicted molar refractivity (Wildman–Crippen MR) is 93.2 cm³/mol. The number of aryl methyl sites for hydroxylation is 2. The van der Waals surface area contributed by atoms with Gasteiger partial charge in [-0.3, -0.25) is 4.40 Å². The van der Waals surface area contributed by atoms with Crippen LogP contribution in [0.4, 0.5) is 0 Å². The molecule has 6 heteroatoms. The Labute approximate surface area is 142 Å². The van der Waals surface area contributed by atoms with Gasteiger partial charge in [-0.25, -0.2) is 0 Å². The molecule has 0 N–H and O–H groups in total. The number of hydrogen-bond acceptors (Lipinski definition) is 4. The number of nitrogens with zero attached hydrogens (tertiary/aromatic N) is 3. The lowest BCUT2D eigenvalue weighted by molar-refractivity contribution is 0.579. The average molecular weight is 344 g/mol. The van der Waals surface area contributed by atoms with Crippen LogP contribution >= 0.6 is 23.4 Å². The van der Waals surface area contributed by atoms with Gasteiger partial charge in [-0.15, -0.1) is 10.2 Å². The van der Waals surface area contributed by atoms with Crippen molar-refractivity contribution < 1.29 is 4.42 Å². The van der Waals surface area contributed by atoms with E-state index in [1.54, 1.807) is 11.8 Å². The summed E-state index contributed by atoms with van der Waals surface area (Å²) in [6.45, 7) is 3.90. The zero-order valence-corrected chi connectivity index (χ0v) is 14.3. The van der Waals surface area contributed by atoms with Crippen LogP contribution in [0.25, 0.3) is 16.6 Å². The molecular weight excluding hydrogens is 330 g/mol. The summed E-state index contributed by atoms with van der Waals surface area (Å²) in [7, 11) is 0. The molecule has 3 aromatic heterocycles. The van der Waals surface area contributed by atoms with Crippen LogP contribution in [0.15, 0.2) is 45.8 Å². The van der Waals surface area contributed by atoms with Gasteiger partial charge in [0.2, 0.25) is 0 Å². The molecule has 3 heterocycles. The van der Waals surface area contributed by atoms with E-state index in [9.17, 15) is 0 Å². The first-order valence-corrected chi connectivity index (χ1v) is 8.60. The second-order valence-corrected chi connectivity index (χ2v) is 6.84. The van der Waals surface area contributed by atoms with Gasteiger partial charge in [0.25, 0.3) is 0 Å². The topological polar surface area (TPSA) is 43.3 Å². The number of benzene rings is 1. The summed E-state index contributed by atoms with van der Waals surface area (Å²) >= 11 is 7.59. The predicted octanol–water partition coefficient (Wildman–Crippen LogP) is 5.04. The minimum absolute atomic E-state index is 0.749. The molecule has 4 rings (SSSR count). The van der Waals surface area contributed by atoms with Crippen molar-refractivity contribution >= 4 is 40.0 Å². The van der Waals surface area contributed by atoms with Crippen LogP contribution in [0.2, 0.25) is 5.02 Å². The molecule has 0 aliphatic heterocycles. The third kappa shape index (κ3) is 2.60. The smallest absolute Gasteiger partial charge is 0.153 e. The highest BCUT2D eigenvalue weighted by atomic mass is 35.5. The molecule has 0 amide bonds. The Bertz CT molecular complexity index is 1000. The highest BCUT2D eigenvalue weighted by Crippen LogP contribution is 2.31. The van der Waals surface area contributed by atoms with Crippen molar-refractivity contribution in [3.8, 4) is 0 Å². The van der Waals surface area contributed by atoms with E-state index in [1.165, 1.54) is 5.56 Å². The number of halogens is 1. The van der Waals surface area contributed by atoms with Crippen LogP contribution in [-0.4, -0.2) is 14.6 Å². The molecule has 4 nitrogen and oxygen atoms in total. The Hall–Kier alpha value is -1.98. The standard InChI is InChI=1S/C17H14ClN3OS/c1-10-7-14-16(22-10)8-15-17(20-19-11(2)21(14)15)23-9-12-3-5-13(18)6-4-12/h3-8H,9H2,1-2H3. The lowest BCUT2D eigenvalue weighted by Crippen LogP contribution is -1.99. The minimum atomic E-state index is 0.749. The van der Waals surface area contributed by atoms with E-state index in [0.717, 1.165) is 44.0 Å². The first kappa shape index (κ1) is 14.6. The number of hydrogen-bond donors (Lipinski definition) is 0. The van der Waals surface area contributed by atoms with Gasteiger partial charge >= 0.3 is 0 Å². The largest absolute Gasteiger partial charge is 0.460 e. The monoisotopic (exact) mass is 343 g/mol. The number of rotatable bonds is 3. The highest BCUT2D eigenvalue weighted by molar-refractivity contribution is 7.98. The Morgan fingerprint density at radius 2 is 1.87 bits per heavy atom. The van der Waals surface area contributed by atoms with Crippen LogP contribution in [0.1, 0.15) is 17.1 Å². The lowest BCUT2D eigenvalue weighted by atomic mass is 10.2. The molecule has 0 aliphatic rings. The molecule has 23 heavy (non-hydrogen) atoms. The van der Waals surface area contributed by atoms with E-state index in [4.69, 9.17) is 16.0 Å². The van der Waals surface area contributed by atoms with E-state index in [0.29, 0.717) is 0 Å². The third-order valence-electron chi connectivity index (χ3n) is 3.73. The van der Waals surface area contributed by atoms with E-state index in [-0.39, 0.29) is 0 Å². The van der Waals surface area contributed by atoms with Crippen LogP contribution in [-0.2, 0) is 5.75 Å². The summed E-state index contributed by atoms with van der Waals surface area (Å²) in [6, 6.07) is 11.9. The Morgan fingerprint density at radius 1 is 1.09 bits per heavy atom. The van der Waals surface area contributed by atoms with Gasteiger partial charge in [0.1, 0.15) is 16.6 Å². The summed E-state index contributed by atoms with van der Waals surface area (Å²) in [4.78, 5) is 0. The number of furan rings is 1. The first-order chi connectivity index (χ1) is 11.1. The minimum Gasteiger partial charge on any atom is -0.460 e. The fourth-order valence-corrected chi connectivity index (χ4v) is 3.69. The lowest BCUT2D eigenvalue weighted by Gasteiger charge is -2.06. The Balaban J connectivity index is 1.73. The van der Waals surface area contributed by atoms with Gasteiger partial charge in [-0.1, -0.05) is 35.5 Å². The van der Waals surface area contributed by atoms with Crippen molar-refractivity contribution in [2.24, 2.45) is 0 Å².